The zero-order valence-corrected chi connectivity index (χ0v) is 12.7. The molecule has 0 spiro atoms. The average Bonchev–Trinajstić information content (AvgIpc) is 2.84. The molecule has 1 heterocycles. The van der Waals surface area contributed by atoms with Crippen molar-refractivity contribution in [3.63, 3.8) is 0 Å². The van der Waals surface area contributed by atoms with E-state index >= 15 is 0 Å². The van der Waals surface area contributed by atoms with Gasteiger partial charge in [0.1, 0.15) is 18.5 Å². The summed E-state index contributed by atoms with van der Waals surface area (Å²) in [6.45, 7) is 5.76. The van der Waals surface area contributed by atoms with Crippen LogP contribution >= 0.6 is 11.3 Å². The molecule has 4 heteroatoms. The van der Waals surface area contributed by atoms with Gasteiger partial charge in [-0.1, -0.05) is 17.7 Å². The molecule has 2 rings (SSSR count). The van der Waals surface area contributed by atoms with E-state index in [1.807, 2.05) is 31.2 Å². The monoisotopic (exact) mass is 291 g/mol. The summed E-state index contributed by atoms with van der Waals surface area (Å²) in [5, 5.41) is 17.4. The van der Waals surface area contributed by atoms with Gasteiger partial charge in [-0.3, -0.25) is 0 Å². The standard InChI is InChI=1S/C16H21NO2S/c1-12-3-5-16(6-4-12)19-9-15(18)8-17-7-14-11-20-10-13(14)2/h3-6,10-11,15,17-18H,7-9H2,1-2H3. The first kappa shape index (κ1) is 15.0. The maximum Gasteiger partial charge on any atom is 0.119 e. The molecule has 2 N–H and O–H groups in total. The number of hydrogen-bond acceptors (Lipinski definition) is 4. The van der Waals surface area contributed by atoms with Gasteiger partial charge in [0.15, 0.2) is 0 Å². The molecular formula is C16H21NO2S. The van der Waals surface area contributed by atoms with Crippen molar-refractivity contribution in [1.29, 1.82) is 0 Å². The van der Waals surface area contributed by atoms with E-state index in [1.165, 1.54) is 16.7 Å². The number of aliphatic hydroxyl groups is 1. The second-order valence-corrected chi connectivity index (χ2v) is 5.73. The van der Waals surface area contributed by atoms with Gasteiger partial charge in [-0.25, -0.2) is 0 Å². The van der Waals surface area contributed by atoms with Crippen LogP contribution in [0.2, 0.25) is 0 Å². The topological polar surface area (TPSA) is 41.5 Å². The Kier molecular flexibility index (Phi) is 5.59. The molecule has 0 saturated carbocycles. The van der Waals surface area contributed by atoms with E-state index in [4.69, 9.17) is 4.74 Å². The number of hydrogen-bond donors (Lipinski definition) is 2. The number of thiophene rings is 1. The fraction of sp³-hybridized carbons (Fsp3) is 0.375. The first-order valence-electron chi connectivity index (χ1n) is 6.75. The molecule has 0 amide bonds. The predicted octanol–water partition coefficient (Wildman–Crippen LogP) is 2.89. The summed E-state index contributed by atoms with van der Waals surface area (Å²) in [6, 6.07) is 7.84. The molecule has 0 saturated heterocycles. The van der Waals surface area contributed by atoms with Gasteiger partial charge < -0.3 is 15.2 Å². The normalized spacial score (nSPS) is 12.3. The quantitative estimate of drug-likeness (QED) is 0.824. The minimum absolute atomic E-state index is 0.304. The maximum atomic E-state index is 9.88. The van der Waals surface area contributed by atoms with E-state index in [9.17, 15) is 5.11 Å². The first-order chi connectivity index (χ1) is 9.65. The smallest absolute Gasteiger partial charge is 0.119 e. The minimum atomic E-state index is -0.504. The van der Waals surface area contributed by atoms with Crippen LogP contribution in [-0.2, 0) is 6.54 Å². The lowest BCUT2D eigenvalue weighted by Crippen LogP contribution is -2.31. The van der Waals surface area contributed by atoms with Gasteiger partial charge in [-0.2, -0.15) is 11.3 Å². The Balaban J connectivity index is 1.66. The zero-order valence-electron chi connectivity index (χ0n) is 11.9. The van der Waals surface area contributed by atoms with E-state index in [0.29, 0.717) is 13.2 Å². The van der Waals surface area contributed by atoms with Gasteiger partial charge in [-0.05, 0) is 47.9 Å². The van der Waals surface area contributed by atoms with Crippen molar-refractivity contribution in [3.8, 4) is 5.75 Å². The number of ether oxygens (including phenoxy) is 1. The van der Waals surface area contributed by atoms with Crippen molar-refractivity contribution >= 4 is 11.3 Å². The van der Waals surface area contributed by atoms with Crippen LogP contribution in [0.1, 0.15) is 16.7 Å². The summed E-state index contributed by atoms with van der Waals surface area (Å²) in [4.78, 5) is 0. The third kappa shape index (κ3) is 4.63. The van der Waals surface area contributed by atoms with Gasteiger partial charge in [0.2, 0.25) is 0 Å². The van der Waals surface area contributed by atoms with Gasteiger partial charge in [0.25, 0.3) is 0 Å². The lowest BCUT2D eigenvalue weighted by molar-refractivity contribution is 0.106. The molecule has 1 unspecified atom stereocenters. The van der Waals surface area contributed by atoms with Crippen molar-refractivity contribution < 1.29 is 9.84 Å². The summed E-state index contributed by atoms with van der Waals surface area (Å²) in [6.07, 6.45) is -0.504. The number of aliphatic hydroxyl groups excluding tert-OH is 1. The van der Waals surface area contributed by atoms with Crippen LogP contribution in [0.5, 0.6) is 5.75 Å². The third-order valence-electron chi connectivity index (χ3n) is 3.12. The van der Waals surface area contributed by atoms with E-state index < -0.39 is 6.10 Å². The van der Waals surface area contributed by atoms with Crippen molar-refractivity contribution in [2.45, 2.75) is 26.5 Å². The highest BCUT2D eigenvalue weighted by Crippen LogP contribution is 2.13. The number of nitrogens with one attached hydrogen (secondary N) is 1. The fourth-order valence-corrected chi connectivity index (χ4v) is 2.68. The molecule has 1 atom stereocenters. The molecule has 1 aromatic carbocycles. The van der Waals surface area contributed by atoms with E-state index in [2.05, 4.69) is 23.0 Å². The highest BCUT2D eigenvalue weighted by Gasteiger charge is 2.06. The summed E-state index contributed by atoms with van der Waals surface area (Å²) in [7, 11) is 0. The third-order valence-corrected chi connectivity index (χ3v) is 4.03. The van der Waals surface area contributed by atoms with Crippen molar-refractivity contribution in [2.24, 2.45) is 0 Å². The van der Waals surface area contributed by atoms with Crippen LogP contribution in [0.3, 0.4) is 0 Å². The molecule has 0 radical (unpaired) electrons. The second-order valence-electron chi connectivity index (χ2n) is 4.99. The van der Waals surface area contributed by atoms with Crippen molar-refractivity contribution in [2.75, 3.05) is 13.2 Å². The van der Waals surface area contributed by atoms with Crippen LogP contribution in [0.25, 0.3) is 0 Å². The Bertz CT molecular complexity index is 522. The average molecular weight is 291 g/mol. The summed E-state index contributed by atoms with van der Waals surface area (Å²) < 4.78 is 5.55. The van der Waals surface area contributed by atoms with E-state index in [-0.39, 0.29) is 0 Å². The van der Waals surface area contributed by atoms with Crippen molar-refractivity contribution in [1.82, 2.24) is 5.32 Å². The highest BCUT2D eigenvalue weighted by atomic mass is 32.1. The molecule has 0 fully saturated rings. The van der Waals surface area contributed by atoms with Crippen molar-refractivity contribution in [3.05, 3.63) is 51.7 Å². The van der Waals surface area contributed by atoms with Gasteiger partial charge >= 0.3 is 0 Å². The molecule has 2 aromatic rings. The summed E-state index contributed by atoms with van der Waals surface area (Å²) in [5.74, 6) is 0.795. The van der Waals surface area contributed by atoms with Gasteiger partial charge in [0.05, 0.1) is 0 Å². The van der Waals surface area contributed by atoms with E-state index in [1.54, 1.807) is 11.3 Å². The van der Waals surface area contributed by atoms with E-state index in [0.717, 1.165) is 12.3 Å². The lowest BCUT2D eigenvalue weighted by atomic mass is 10.2. The molecule has 3 nitrogen and oxygen atoms in total. The fourth-order valence-electron chi connectivity index (χ4n) is 1.83. The SMILES string of the molecule is Cc1ccc(OCC(O)CNCc2cscc2C)cc1. The largest absolute Gasteiger partial charge is 0.491 e. The molecule has 108 valence electrons. The lowest BCUT2D eigenvalue weighted by Gasteiger charge is -2.13. The molecule has 1 aromatic heterocycles. The van der Waals surface area contributed by atoms with Crippen LogP contribution < -0.4 is 10.1 Å². The van der Waals surface area contributed by atoms with Crippen LogP contribution in [-0.4, -0.2) is 24.4 Å². The Morgan fingerprint density at radius 3 is 2.60 bits per heavy atom. The van der Waals surface area contributed by atoms with Gasteiger partial charge in [-0.15, -0.1) is 0 Å². The summed E-state index contributed by atoms with van der Waals surface area (Å²) >= 11 is 1.71. The Hall–Kier alpha value is -1.36. The Morgan fingerprint density at radius 2 is 1.95 bits per heavy atom. The van der Waals surface area contributed by atoms with Gasteiger partial charge in [0, 0.05) is 13.1 Å². The first-order valence-corrected chi connectivity index (χ1v) is 7.69. The maximum absolute atomic E-state index is 9.88. The molecule has 0 aliphatic carbocycles. The Labute approximate surface area is 124 Å². The Morgan fingerprint density at radius 1 is 1.20 bits per heavy atom. The zero-order chi connectivity index (χ0) is 14.4. The highest BCUT2D eigenvalue weighted by molar-refractivity contribution is 7.08. The number of aryl methyl sites for hydroxylation is 2. The molecule has 0 bridgehead atoms. The molecule has 20 heavy (non-hydrogen) atoms. The molecule has 0 aliphatic rings. The number of rotatable bonds is 7. The van der Waals surface area contributed by atoms with Crippen LogP contribution in [0, 0.1) is 13.8 Å². The minimum Gasteiger partial charge on any atom is -0.491 e. The predicted molar refractivity (Wildman–Crippen MR) is 83.4 cm³/mol. The summed E-state index contributed by atoms with van der Waals surface area (Å²) in [5.41, 5.74) is 3.79. The van der Waals surface area contributed by atoms with Crippen LogP contribution in [0.15, 0.2) is 35.0 Å². The second kappa shape index (κ2) is 7.43. The van der Waals surface area contributed by atoms with Crippen LogP contribution in [0.4, 0.5) is 0 Å². The molecular weight excluding hydrogens is 270 g/mol. The number of benzene rings is 1. The molecule has 0 aliphatic heterocycles.